The molecule has 0 aromatic heterocycles. The molecule has 0 saturated carbocycles. The molecule has 0 N–H and O–H groups in total. The van der Waals surface area contributed by atoms with Crippen LogP contribution in [-0.2, 0) is 6.42 Å². The smallest absolute Gasteiger partial charge is 0.0183 e. The first-order chi connectivity index (χ1) is 5.72. The minimum absolute atomic E-state index is 0.625. The molecular weight excluding hydrogens is 212 g/mol. The van der Waals surface area contributed by atoms with Crippen LogP contribution in [0.2, 0.25) is 0 Å². The highest BCUT2D eigenvalue weighted by Gasteiger charge is 2.01. The second-order valence-electron chi connectivity index (χ2n) is 3.20. The van der Waals surface area contributed by atoms with Crippen LogP contribution in [0.3, 0.4) is 0 Å². The van der Waals surface area contributed by atoms with Gasteiger partial charge in [0.05, 0.1) is 0 Å². The molecule has 1 heteroatoms. The van der Waals surface area contributed by atoms with Gasteiger partial charge in [0.15, 0.2) is 0 Å². The van der Waals surface area contributed by atoms with Gasteiger partial charge >= 0.3 is 0 Å². The van der Waals surface area contributed by atoms with E-state index in [-0.39, 0.29) is 0 Å². The van der Waals surface area contributed by atoms with Crippen LogP contribution in [0.15, 0.2) is 24.3 Å². The fraction of sp³-hybridized carbons (Fsp3) is 0.455. The third-order valence-corrected chi connectivity index (χ3v) is 2.99. The van der Waals surface area contributed by atoms with Crippen molar-refractivity contribution in [1.82, 2.24) is 0 Å². The molecule has 0 aliphatic rings. The van der Waals surface area contributed by atoms with E-state index in [4.69, 9.17) is 0 Å². The lowest BCUT2D eigenvalue weighted by Gasteiger charge is -2.06. The summed E-state index contributed by atoms with van der Waals surface area (Å²) in [6, 6.07) is 8.76. The summed E-state index contributed by atoms with van der Waals surface area (Å²) in [6.07, 6.45) is 2.32. The van der Waals surface area contributed by atoms with Crippen molar-refractivity contribution in [3.8, 4) is 0 Å². The molecular formula is C11H15Br. The highest BCUT2D eigenvalue weighted by atomic mass is 79.9. The zero-order chi connectivity index (χ0) is 8.97. The van der Waals surface area contributed by atoms with Gasteiger partial charge < -0.3 is 0 Å². The highest BCUT2D eigenvalue weighted by Crippen LogP contribution is 2.13. The van der Waals surface area contributed by atoms with Gasteiger partial charge in [-0.1, -0.05) is 52.7 Å². The van der Waals surface area contributed by atoms with Crippen molar-refractivity contribution in [3.63, 3.8) is 0 Å². The number of alkyl halides is 1. The van der Waals surface area contributed by atoms with Crippen LogP contribution < -0.4 is 0 Å². The summed E-state index contributed by atoms with van der Waals surface area (Å²) in [5, 5.41) is 0. The average Bonchev–Trinajstić information content (AvgIpc) is 2.09. The first-order valence-corrected chi connectivity index (χ1v) is 5.33. The molecule has 0 spiro atoms. The minimum Gasteiger partial charge on any atom is -0.0887 e. The maximum atomic E-state index is 3.63. The average molecular weight is 227 g/mol. The maximum absolute atomic E-state index is 3.63. The van der Waals surface area contributed by atoms with Gasteiger partial charge in [0, 0.05) is 4.83 Å². The Kier molecular flexibility index (Phi) is 3.80. The number of benzene rings is 1. The maximum Gasteiger partial charge on any atom is 0.0183 e. The Hall–Kier alpha value is -0.300. The molecule has 0 amide bonds. The molecule has 1 unspecified atom stereocenters. The molecule has 0 nitrogen and oxygen atoms in total. The van der Waals surface area contributed by atoms with Crippen LogP contribution in [-0.4, -0.2) is 4.83 Å². The number of rotatable bonds is 3. The van der Waals surface area contributed by atoms with Crippen molar-refractivity contribution in [1.29, 1.82) is 0 Å². The van der Waals surface area contributed by atoms with E-state index in [2.05, 4.69) is 54.0 Å². The van der Waals surface area contributed by atoms with Crippen LogP contribution in [0, 0.1) is 6.92 Å². The van der Waals surface area contributed by atoms with Crippen molar-refractivity contribution in [3.05, 3.63) is 35.4 Å². The van der Waals surface area contributed by atoms with E-state index in [0.717, 1.165) is 6.42 Å². The molecule has 0 heterocycles. The Morgan fingerprint density at radius 3 is 2.33 bits per heavy atom. The summed E-state index contributed by atoms with van der Waals surface area (Å²) in [4.78, 5) is 0.625. The normalized spacial score (nSPS) is 12.9. The molecule has 12 heavy (non-hydrogen) atoms. The van der Waals surface area contributed by atoms with Gasteiger partial charge in [0.25, 0.3) is 0 Å². The Labute approximate surface area is 83.1 Å². The fourth-order valence-corrected chi connectivity index (χ4v) is 1.50. The van der Waals surface area contributed by atoms with Crippen molar-refractivity contribution in [2.45, 2.75) is 31.5 Å². The lowest BCUT2D eigenvalue weighted by atomic mass is 10.1. The Balaban J connectivity index is 2.58. The summed E-state index contributed by atoms with van der Waals surface area (Å²) in [7, 11) is 0. The quantitative estimate of drug-likeness (QED) is 0.690. The van der Waals surface area contributed by atoms with E-state index >= 15 is 0 Å². The van der Waals surface area contributed by atoms with Crippen molar-refractivity contribution in [2.75, 3.05) is 0 Å². The standard InChI is InChI=1S/C11H15Br/c1-3-11(12)8-10-6-4-9(2)5-7-10/h4-7,11H,3,8H2,1-2H3. The van der Waals surface area contributed by atoms with Gasteiger partial charge in [-0.3, -0.25) is 0 Å². The molecule has 0 bridgehead atoms. The fourth-order valence-electron chi connectivity index (χ4n) is 1.12. The zero-order valence-corrected chi connectivity index (χ0v) is 9.26. The summed E-state index contributed by atoms with van der Waals surface area (Å²) in [6.45, 7) is 4.32. The molecule has 0 aliphatic carbocycles. The molecule has 0 saturated heterocycles. The van der Waals surface area contributed by atoms with Gasteiger partial charge in [-0.2, -0.15) is 0 Å². The van der Waals surface area contributed by atoms with Crippen LogP contribution in [0.25, 0.3) is 0 Å². The lowest BCUT2D eigenvalue weighted by Crippen LogP contribution is -1.99. The summed E-state index contributed by atoms with van der Waals surface area (Å²) in [5.41, 5.74) is 2.76. The van der Waals surface area contributed by atoms with Crippen LogP contribution in [0.5, 0.6) is 0 Å². The molecule has 1 rings (SSSR count). The van der Waals surface area contributed by atoms with Crippen molar-refractivity contribution >= 4 is 15.9 Å². The third kappa shape index (κ3) is 2.98. The van der Waals surface area contributed by atoms with Crippen molar-refractivity contribution < 1.29 is 0 Å². The first kappa shape index (κ1) is 9.79. The molecule has 1 aromatic rings. The third-order valence-electron chi connectivity index (χ3n) is 2.02. The molecule has 66 valence electrons. The zero-order valence-electron chi connectivity index (χ0n) is 7.68. The minimum atomic E-state index is 0.625. The Morgan fingerprint density at radius 1 is 1.25 bits per heavy atom. The Morgan fingerprint density at radius 2 is 1.83 bits per heavy atom. The number of aryl methyl sites for hydroxylation is 1. The van der Waals surface area contributed by atoms with Gasteiger partial charge in [0.2, 0.25) is 0 Å². The van der Waals surface area contributed by atoms with Gasteiger partial charge in [0.1, 0.15) is 0 Å². The van der Waals surface area contributed by atoms with E-state index in [0.29, 0.717) is 4.83 Å². The highest BCUT2D eigenvalue weighted by molar-refractivity contribution is 9.09. The molecule has 1 aromatic carbocycles. The van der Waals surface area contributed by atoms with Gasteiger partial charge in [-0.25, -0.2) is 0 Å². The van der Waals surface area contributed by atoms with Crippen LogP contribution in [0.4, 0.5) is 0 Å². The van der Waals surface area contributed by atoms with Gasteiger partial charge in [-0.05, 0) is 25.3 Å². The van der Waals surface area contributed by atoms with E-state index in [9.17, 15) is 0 Å². The largest absolute Gasteiger partial charge is 0.0887 e. The summed E-state index contributed by atoms with van der Waals surface area (Å²) < 4.78 is 0. The van der Waals surface area contributed by atoms with E-state index in [1.165, 1.54) is 17.5 Å². The van der Waals surface area contributed by atoms with E-state index < -0.39 is 0 Å². The predicted octanol–water partition coefficient (Wildman–Crippen LogP) is 3.71. The van der Waals surface area contributed by atoms with Crippen LogP contribution in [0.1, 0.15) is 24.5 Å². The predicted molar refractivity (Wildman–Crippen MR) is 57.9 cm³/mol. The molecule has 0 fully saturated rings. The monoisotopic (exact) mass is 226 g/mol. The second kappa shape index (κ2) is 4.66. The first-order valence-electron chi connectivity index (χ1n) is 4.42. The SMILES string of the molecule is CCC(Br)Cc1ccc(C)cc1. The molecule has 0 aliphatic heterocycles. The Bertz CT molecular complexity index is 225. The summed E-state index contributed by atoms with van der Waals surface area (Å²) in [5.74, 6) is 0. The summed E-state index contributed by atoms with van der Waals surface area (Å²) >= 11 is 3.63. The van der Waals surface area contributed by atoms with Crippen LogP contribution >= 0.6 is 15.9 Å². The number of hydrogen-bond donors (Lipinski definition) is 0. The molecule has 1 atom stereocenters. The van der Waals surface area contributed by atoms with Crippen molar-refractivity contribution in [2.24, 2.45) is 0 Å². The second-order valence-corrected chi connectivity index (χ2v) is 4.49. The van der Waals surface area contributed by atoms with E-state index in [1.807, 2.05) is 0 Å². The lowest BCUT2D eigenvalue weighted by molar-refractivity contribution is 0.829. The molecule has 0 radical (unpaired) electrons. The number of hydrogen-bond acceptors (Lipinski definition) is 0. The number of halogens is 1. The van der Waals surface area contributed by atoms with E-state index in [1.54, 1.807) is 0 Å². The van der Waals surface area contributed by atoms with Gasteiger partial charge in [-0.15, -0.1) is 0 Å². The topological polar surface area (TPSA) is 0 Å².